The van der Waals surface area contributed by atoms with Crippen molar-refractivity contribution < 1.29 is 22.7 Å². The molecule has 2 aromatic rings. The Morgan fingerprint density at radius 1 is 1.26 bits per heavy atom. The fourth-order valence-corrected chi connectivity index (χ4v) is 3.42. The molecule has 1 aliphatic heterocycles. The third-order valence-corrected chi connectivity index (χ3v) is 5.07. The van der Waals surface area contributed by atoms with Gasteiger partial charge in [-0.25, -0.2) is 15.0 Å². The van der Waals surface area contributed by atoms with Crippen molar-refractivity contribution in [2.45, 2.75) is 32.5 Å². The Hall–Kier alpha value is -2.78. The van der Waals surface area contributed by atoms with E-state index in [-0.39, 0.29) is 10.9 Å². The van der Waals surface area contributed by atoms with E-state index in [4.69, 9.17) is 16.3 Å². The van der Waals surface area contributed by atoms with E-state index in [2.05, 4.69) is 10.3 Å². The lowest BCUT2D eigenvalue weighted by Gasteiger charge is -2.32. The van der Waals surface area contributed by atoms with Crippen molar-refractivity contribution in [3.63, 3.8) is 0 Å². The van der Waals surface area contributed by atoms with E-state index >= 15 is 0 Å². The number of hydrogen-bond donors (Lipinski definition) is 1. The number of hydrazine groups is 1. The number of halogens is 4. The first-order valence-corrected chi connectivity index (χ1v) is 9.94. The third kappa shape index (κ3) is 5.11. The molecular formula is C21H22ClF3N4O2. The van der Waals surface area contributed by atoms with Crippen LogP contribution in [-0.2, 0) is 16.0 Å². The van der Waals surface area contributed by atoms with Gasteiger partial charge < -0.3 is 10.1 Å². The quantitative estimate of drug-likeness (QED) is 0.685. The highest BCUT2D eigenvalue weighted by molar-refractivity contribution is 6.33. The van der Waals surface area contributed by atoms with E-state index < -0.39 is 24.7 Å². The zero-order chi connectivity index (χ0) is 22.8. The number of hydrogen-bond acceptors (Lipinski definition) is 5. The average molecular weight is 455 g/mol. The molecule has 10 heteroatoms. The van der Waals surface area contributed by atoms with Crippen LogP contribution in [-0.4, -0.2) is 41.8 Å². The highest BCUT2D eigenvalue weighted by atomic mass is 35.5. The highest BCUT2D eigenvalue weighted by Crippen LogP contribution is 2.38. The number of carbonyl (C=O) groups is 1. The number of rotatable bonds is 6. The lowest BCUT2D eigenvalue weighted by atomic mass is 10.2. The summed E-state index contributed by atoms with van der Waals surface area (Å²) in [5.74, 6) is -0.267. The number of aryl methyl sites for hydroxylation is 2. The van der Waals surface area contributed by atoms with Gasteiger partial charge in [-0.3, -0.25) is 4.79 Å². The number of ether oxygens (including phenoxy) is 1. The number of likely N-dealkylation sites (N-methyl/N-ethyl adjacent to an activating group) is 1. The molecule has 2 heterocycles. The van der Waals surface area contributed by atoms with Crippen LogP contribution in [0.4, 0.5) is 24.7 Å². The van der Waals surface area contributed by atoms with Gasteiger partial charge >= 0.3 is 6.18 Å². The number of carbonyl (C=O) groups excluding carboxylic acids is 1. The van der Waals surface area contributed by atoms with Crippen molar-refractivity contribution in [2.24, 2.45) is 0 Å². The van der Waals surface area contributed by atoms with Crippen LogP contribution in [0, 0.1) is 6.92 Å². The first-order valence-electron chi connectivity index (χ1n) is 9.57. The van der Waals surface area contributed by atoms with E-state index in [0.29, 0.717) is 17.9 Å². The molecule has 1 aromatic carbocycles. The van der Waals surface area contributed by atoms with Crippen LogP contribution in [0.15, 0.2) is 48.4 Å². The summed E-state index contributed by atoms with van der Waals surface area (Å²) in [4.78, 5) is 16.7. The van der Waals surface area contributed by atoms with E-state index in [9.17, 15) is 18.0 Å². The number of aromatic nitrogens is 1. The smallest absolute Gasteiger partial charge is 0.409 e. The number of alkyl halides is 3. The van der Waals surface area contributed by atoms with Crippen LogP contribution in [0.5, 0.6) is 0 Å². The molecule has 0 radical (unpaired) electrons. The van der Waals surface area contributed by atoms with Gasteiger partial charge in [0.1, 0.15) is 11.9 Å². The summed E-state index contributed by atoms with van der Waals surface area (Å²) in [7, 11) is 1.28. The fourth-order valence-electron chi connectivity index (χ4n) is 3.21. The topological polar surface area (TPSA) is 57.7 Å². The maximum Gasteiger partial charge on any atom is 0.409 e. The Kier molecular flexibility index (Phi) is 6.76. The zero-order valence-corrected chi connectivity index (χ0v) is 18.0. The monoisotopic (exact) mass is 454 g/mol. The van der Waals surface area contributed by atoms with Crippen molar-refractivity contribution in [2.75, 3.05) is 24.0 Å². The Balaban J connectivity index is 1.80. The van der Waals surface area contributed by atoms with Crippen molar-refractivity contribution in [3.8, 4) is 0 Å². The van der Waals surface area contributed by atoms with Gasteiger partial charge in [-0.1, -0.05) is 36.7 Å². The van der Waals surface area contributed by atoms with E-state index in [1.54, 1.807) is 31.2 Å². The molecular weight excluding hydrogens is 433 g/mol. The molecule has 0 spiro atoms. The lowest BCUT2D eigenvalue weighted by molar-refractivity contribution is -0.164. The van der Waals surface area contributed by atoms with E-state index in [0.717, 1.165) is 22.3 Å². The van der Waals surface area contributed by atoms with Crippen LogP contribution >= 0.6 is 11.6 Å². The molecule has 166 valence electrons. The molecule has 31 heavy (non-hydrogen) atoms. The largest absolute Gasteiger partial charge is 0.468 e. The Labute approximate surface area is 183 Å². The van der Waals surface area contributed by atoms with Crippen LogP contribution in [0.25, 0.3) is 0 Å². The van der Waals surface area contributed by atoms with Crippen LogP contribution < -0.4 is 10.3 Å². The second kappa shape index (κ2) is 9.15. The van der Waals surface area contributed by atoms with Gasteiger partial charge in [-0.15, -0.1) is 0 Å². The number of pyridine rings is 1. The molecule has 1 aromatic heterocycles. The van der Waals surface area contributed by atoms with Gasteiger partial charge in [0.2, 0.25) is 5.88 Å². The number of para-hydroxylation sites is 1. The van der Waals surface area contributed by atoms with Crippen molar-refractivity contribution in [3.05, 3.63) is 64.6 Å². The Morgan fingerprint density at radius 2 is 1.97 bits per heavy atom. The van der Waals surface area contributed by atoms with Crippen molar-refractivity contribution in [1.29, 1.82) is 0 Å². The summed E-state index contributed by atoms with van der Waals surface area (Å²) in [5, 5.41) is 5.07. The number of anilines is 2. The summed E-state index contributed by atoms with van der Waals surface area (Å²) < 4.78 is 46.0. The lowest BCUT2D eigenvalue weighted by Crippen LogP contribution is -2.46. The van der Waals surface area contributed by atoms with Gasteiger partial charge in [0.25, 0.3) is 5.91 Å². The molecule has 0 aliphatic carbocycles. The SMILES string of the molecule is CCc1ccc(C)nc1NC(=O)COC1=CC(C(F)(F)F)N(C)N1c1ccccc1Cl. The minimum Gasteiger partial charge on any atom is -0.468 e. The van der Waals surface area contributed by atoms with Crippen molar-refractivity contribution >= 4 is 29.0 Å². The van der Waals surface area contributed by atoms with Gasteiger partial charge in [-0.2, -0.15) is 13.2 Å². The first-order chi connectivity index (χ1) is 14.6. The molecule has 1 aliphatic rings. The molecule has 3 rings (SSSR count). The van der Waals surface area contributed by atoms with Crippen LogP contribution in [0.1, 0.15) is 18.2 Å². The van der Waals surface area contributed by atoms with E-state index in [1.165, 1.54) is 12.1 Å². The molecule has 0 fully saturated rings. The number of nitrogens with one attached hydrogen (secondary N) is 1. The second-order valence-corrected chi connectivity index (χ2v) is 7.39. The number of benzene rings is 1. The summed E-state index contributed by atoms with van der Waals surface area (Å²) in [6.45, 7) is 3.23. The third-order valence-electron chi connectivity index (χ3n) is 4.75. The molecule has 1 N–H and O–H groups in total. The second-order valence-electron chi connectivity index (χ2n) is 6.98. The summed E-state index contributed by atoms with van der Waals surface area (Å²) in [6.07, 6.45) is -2.96. The summed E-state index contributed by atoms with van der Waals surface area (Å²) in [6, 6.07) is 8.22. The van der Waals surface area contributed by atoms with E-state index in [1.807, 2.05) is 19.1 Å². The van der Waals surface area contributed by atoms with Gasteiger partial charge in [0.05, 0.1) is 10.7 Å². The Bertz CT molecular complexity index is 997. The zero-order valence-electron chi connectivity index (χ0n) is 17.2. The number of amides is 1. The predicted octanol–water partition coefficient (Wildman–Crippen LogP) is 4.70. The maximum atomic E-state index is 13.5. The van der Waals surface area contributed by atoms with Gasteiger partial charge in [-0.05, 0) is 37.1 Å². The molecule has 6 nitrogen and oxygen atoms in total. The molecule has 0 saturated heterocycles. The molecule has 0 bridgehead atoms. The highest BCUT2D eigenvalue weighted by Gasteiger charge is 2.48. The maximum absolute atomic E-state index is 13.5. The van der Waals surface area contributed by atoms with Gasteiger partial charge in [0.15, 0.2) is 6.61 Å². The summed E-state index contributed by atoms with van der Waals surface area (Å²) in [5.41, 5.74) is 1.87. The minimum absolute atomic E-state index is 0.138. The standard InChI is InChI=1S/C21H22ClF3N4O2/c1-4-14-10-9-13(2)26-20(14)27-18(30)12-31-19-11-17(21(23,24)25)28(3)29(19)16-8-6-5-7-15(16)22/h5-11,17H,4,12H2,1-3H3,(H,26,27,30). The first kappa shape index (κ1) is 22.9. The van der Waals surface area contributed by atoms with Crippen LogP contribution in [0.2, 0.25) is 5.02 Å². The van der Waals surface area contributed by atoms with Gasteiger partial charge in [0, 0.05) is 18.8 Å². The molecule has 1 amide bonds. The normalized spacial score (nSPS) is 16.9. The van der Waals surface area contributed by atoms with Crippen LogP contribution in [0.3, 0.4) is 0 Å². The average Bonchev–Trinajstić information content (AvgIpc) is 3.03. The molecule has 0 saturated carbocycles. The molecule has 1 unspecified atom stereocenters. The minimum atomic E-state index is -4.54. The molecule has 1 atom stereocenters. The Morgan fingerprint density at radius 3 is 2.61 bits per heavy atom. The van der Waals surface area contributed by atoms with Crippen molar-refractivity contribution in [1.82, 2.24) is 9.99 Å². The predicted molar refractivity (Wildman–Crippen MR) is 113 cm³/mol. The summed E-state index contributed by atoms with van der Waals surface area (Å²) >= 11 is 6.20. The number of nitrogens with zero attached hydrogens (tertiary/aromatic N) is 3. The fraction of sp³-hybridized carbons (Fsp3) is 0.333.